The summed E-state index contributed by atoms with van der Waals surface area (Å²) in [6.45, 7) is 4.26. The molecule has 2 saturated carbocycles. The van der Waals surface area contributed by atoms with Crippen LogP contribution in [0.5, 0.6) is 0 Å². The predicted molar refractivity (Wildman–Crippen MR) is 142 cm³/mol. The van der Waals surface area contributed by atoms with E-state index >= 15 is 0 Å². The van der Waals surface area contributed by atoms with Gasteiger partial charge < -0.3 is 19.5 Å². The van der Waals surface area contributed by atoms with Gasteiger partial charge in [0, 0.05) is 35.8 Å². The van der Waals surface area contributed by atoms with Gasteiger partial charge in [-0.05, 0) is 79.5 Å². The number of aryl methyl sites for hydroxylation is 1. The highest BCUT2D eigenvalue weighted by Crippen LogP contribution is 2.61. The van der Waals surface area contributed by atoms with E-state index in [9.17, 15) is 9.18 Å². The third kappa shape index (κ3) is 3.57. The Balaban J connectivity index is 1.19. The second kappa shape index (κ2) is 8.45. The fourth-order valence-electron chi connectivity index (χ4n) is 7.18. The second-order valence-electron chi connectivity index (χ2n) is 12.3. The number of amides is 1. The minimum Gasteiger partial charge on any atom is -0.380 e. The van der Waals surface area contributed by atoms with Crippen molar-refractivity contribution in [3.63, 3.8) is 0 Å². The van der Waals surface area contributed by atoms with Gasteiger partial charge in [0.1, 0.15) is 18.8 Å². The molecule has 0 unspecified atom stereocenters. The number of nitrogens with one attached hydrogen (secondary N) is 1. The molecule has 0 bridgehead atoms. The van der Waals surface area contributed by atoms with E-state index < -0.39 is 6.67 Å². The topological polar surface area (TPSA) is 72.3 Å². The van der Waals surface area contributed by atoms with E-state index in [4.69, 9.17) is 4.74 Å². The summed E-state index contributed by atoms with van der Waals surface area (Å²) in [5, 5.41) is 12.3. The zero-order chi connectivity index (χ0) is 26.1. The molecular formula is C30H34FN5O2. The van der Waals surface area contributed by atoms with E-state index in [1.54, 1.807) is 11.2 Å². The van der Waals surface area contributed by atoms with E-state index in [1.807, 2.05) is 35.9 Å². The highest BCUT2D eigenvalue weighted by atomic mass is 19.1. The Morgan fingerprint density at radius 1 is 1.16 bits per heavy atom. The van der Waals surface area contributed by atoms with Crippen LogP contribution >= 0.6 is 0 Å². The molecule has 1 amide bonds. The Bertz CT molecular complexity index is 1420. The number of halogens is 1. The number of benzene rings is 2. The van der Waals surface area contributed by atoms with E-state index in [0.29, 0.717) is 24.2 Å². The van der Waals surface area contributed by atoms with Crippen molar-refractivity contribution in [2.45, 2.75) is 69.7 Å². The summed E-state index contributed by atoms with van der Waals surface area (Å²) in [6, 6.07) is 12.1. The number of aromatic nitrogens is 3. The van der Waals surface area contributed by atoms with Gasteiger partial charge in [0.25, 0.3) is 5.91 Å². The van der Waals surface area contributed by atoms with Crippen LogP contribution < -0.4 is 10.2 Å². The van der Waals surface area contributed by atoms with E-state index in [0.717, 1.165) is 67.1 Å². The van der Waals surface area contributed by atoms with Crippen molar-refractivity contribution < 1.29 is 13.9 Å². The maximum atomic E-state index is 14.2. The Labute approximate surface area is 222 Å². The Morgan fingerprint density at radius 3 is 2.61 bits per heavy atom. The molecule has 1 saturated heterocycles. The van der Waals surface area contributed by atoms with Crippen LogP contribution in [0.3, 0.4) is 0 Å². The smallest absolute Gasteiger partial charge is 0.258 e. The monoisotopic (exact) mass is 515 g/mol. The van der Waals surface area contributed by atoms with E-state index in [2.05, 4.69) is 34.6 Å². The van der Waals surface area contributed by atoms with Crippen molar-refractivity contribution in [3.05, 3.63) is 76.4 Å². The van der Waals surface area contributed by atoms with Gasteiger partial charge in [-0.3, -0.25) is 4.79 Å². The number of carbonyl (C=O) groups excluding carboxylic acids is 1. The number of rotatable bonds is 7. The fourth-order valence-corrected chi connectivity index (χ4v) is 7.18. The van der Waals surface area contributed by atoms with Gasteiger partial charge >= 0.3 is 0 Å². The van der Waals surface area contributed by atoms with Crippen molar-refractivity contribution in [3.8, 4) is 0 Å². The summed E-state index contributed by atoms with van der Waals surface area (Å²) in [4.78, 5) is 15.5. The number of fused-ring (bicyclic) bond motifs is 1. The Hall–Kier alpha value is -3.10. The Morgan fingerprint density at radius 2 is 1.97 bits per heavy atom. The summed E-state index contributed by atoms with van der Waals surface area (Å²) >= 11 is 0. The minimum atomic E-state index is -0.575. The molecule has 1 aromatic heterocycles. The first-order valence-electron chi connectivity index (χ1n) is 13.6. The van der Waals surface area contributed by atoms with Gasteiger partial charge in [0.15, 0.2) is 0 Å². The molecule has 7 nitrogen and oxygen atoms in total. The first-order valence-corrected chi connectivity index (χ1v) is 13.6. The molecule has 0 atom stereocenters. The van der Waals surface area contributed by atoms with Gasteiger partial charge in [0.2, 0.25) is 0 Å². The summed E-state index contributed by atoms with van der Waals surface area (Å²) in [6.07, 6.45) is 7.20. The second-order valence-corrected chi connectivity index (χ2v) is 12.3. The summed E-state index contributed by atoms with van der Waals surface area (Å²) in [7, 11) is 1.99. The third-order valence-corrected chi connectivity index (χ3v) is 9.53. The zero-order valence-electron chi connectivity index (χ0n) is 22.1. The molecule has 3 aromatic rings. The van der Waals surface area contributed by atoms with Crippen molar-refractivity contribution in [2.24, 2.45) is 12.5 Å². The van der Waals surface area contributed by atoms with Crippen LogP contribution in [0.25, 0.3) is 0 Å². The van der Waals surface area contributed by atoms with Crippen molar-refractivity contribution in [1.29, 1.82) is 0 Å². The molecule has 2 aromatic carbocycles. The Kier molecular flexibility index (Phi) is 5.33. The lowest BCUT2D eigenvalue weighted by Gasteiger charge is -2.59. The van der Waals surface area contributed by atoms with Crippen LogP contribution in [0.1, 0.15) is 77.5 Å². The standard InChI is InChI=1S/C30H34FN5O2/c1-28(7-4-8-28)32-13-20-9-21(12-31)25-14-36(26(37)24(25)10-20)23-6-3-5-22(11-23)30(27-34-33-19-35(27)2)15-29(16-30)17-38-18-29/h3,5-6,9-11,19,32H,4,7-8,12-18H2,1-2H3. The van der Waals surface area contributed by atoms with Gasteiger partial charge in [-0.2, -0.15) is 0 Å². The first-order chi connectivity index (χ1) is 18.3. The summed E-state index contributed by atoms with van der Waals surface area (Å²) in [5.74, 6) is 0.883. The lowest BCUT2D eigenvalue weighted by Crippen LogP contribution is -2.60. The highest BCUT2D eigenvalue weighted by molar-refractivity contribution is 6.10. The molecule has 38 heavy (non-hydrogen) atoms. The molecule has 2 aliphatic heterocycles. The molecule has 198 valence electrons. The van der Waals surface area contributed by atoms with Crippen LogP contribution in [0.15, 0.2) is 42.7 Å². The van der Waals surface area contributed by atoms with Crippen LogP contribution in [0.2, 0.25) is 0 Å². The van der Waals surface area contributed by atoms with Gasteiger partial charge in [-0.15, -0.1) is 10.2 Å². The predicted octanol–water partition coefficient (Wildman–Crippen LogP) is 4.57. The SMILES string of the molecule is Cn1cnnc1C1(c2cccc(N3Cc4c(CF)cc(CNC5(C)CCC5)cc4C3=O)c2)CC2(COC2)C1. The normalized spacial score (nSPS) is 22.1. The maximum Gasteiger partial charge on any atom is 0.258 e. The lowest BCUT2D eigenvalue weighted by atomic mass is 9.49. The number of carbonyl (C=O) groups is 1. The molecule has 3 fully saturated rings. The van der Waals surface area contributed by atoms with Crippen molar-refractivity contribution in [2.75, 3.05) is 18.1 Å². The van der Waals surface area contributed by atoms with Crippen molar-refractivity contribution in [1.82, 2.24) is 20.1 Å². The average molecular weight is 516 g/mol. The molecular weight excluding hydrogens is 481 g/mol. The van der Waals surface area contributed by atoms with Crippen LogP contribution in [0, 0.1) is 5.41 Å². The molecule has 7 rings (SSSR count). The van der Waals surface area contributed by atoms with E-state index in [1.165, 1.54) is 6.42 Å². The van der Waals surface area contributed by atoms with Gasteiger partial charge in [0.05, 0.1) is 25.2 Å². The molecule has 2 aliphatic carbocycles. The van der Waals surface area contributed by atoms with E-state index in [-0.39, 0.29) is 22.3 Å². The number of anilines is 1. The number of nitrogens with zero attached hydrogens (tertiary/aromatic N) is 4. The molecule has 3 heterocycles. The third-order valence-electron chi connectivity index (χ3n) is 9.53. The molecule has 1 spiro atoms. The minimum absolute atomic E-state index is 0.0614. The fraction of sp³-hybridized carbons (Fsp3) is 0.500. The van der Waals surface area contributed by atoms with Gasteiger partial charge in [-0.25, -0.2) is 4.39 Å². The van der Waals surface area contributed by atoms with Crippen LogP contribution in [-0.2, 0) is 37.0 Å². The molecule has 0 radical (unpaired) electrons. The average Bonchev–Trinajstić information content (AvgIpc) is 3.43. The largest absolute Gasteiger partial charge is 0.380 e. The van der Waals surface area contributed by atoms with Crippen LogP contribution in [0.4, 0.5) is 10.1 Å². The molecule has 1 N–H and O–H groups in total. The molecule has 8 heteroatoms. The summed E-state index contributed by atoms with van der Waals surface area (Å²) in [5.41, 5.74) is 5.08. The van der Waals surface area contributed by atoms with Crippen LogP contribution in [-0.4, -0.2) is 39.4 Å². The number of ether oxygens (including phenoxy) is 1. The number of hydrogen-bond acceptors (Lipinski definition) is 5. The van der Waals surface area contributed by atoms with Gasteiger partial charge in [-0.1, -0.05) is 18.2 Å². The molecule has 4 aliphatic rings. The lowest BCUT2D eigenvalue weighted by molar-refractivity contribution is -0.182. The number of hydrogen-bond donors (Lipinski definition) is 1. The zero-order valence-corrected chi connectivity index (χ0v) is 22.1. The maximum absolute atomic E-state index is 14.2. The first kappa shape index (κ1) is 24.0. The highest BCUT2D eigenvalue weighted by Gasteiger charge is 2.61. The quantitative estimate of drug-likeness (QED) is 0.499. The van der Waals surface area contributed by atoms with Crippen molar-refractivity contribution >= 4 is 11.6 Å². The summed E-state index contributed by atoms with van der Waals surface area (Å²) < 4.78 is 21.7. The number of alkyl halides is 1.